The SMILES string of the molecule is CC(=O)N(CCc1ccc(Cl)cc1)CC(=O)Nc1ccc(OC(C)C)cc1. The largest absolute Gasteiger partial charge is 0.491 e. The summed E-state index contributed by atoms with van der Waals surface area (Å²) in [4.78, 5) is 25.7. The van der Waals surface area contributed by atoms with Gasteiger partial charge in [-0.2, -0.15) is 0 Å². The third-order valence-electron chi connectivity index (χ3n) is 3.87. The van der Waals surface area contributed by atoms with Gasteiger partial charge in [-0.3, -0.25) is 9.59 Å². The van der Waals surface area contributed by atoms with Crippen LogP contribution in [0.5, 0.6) is 5.75 Å². The molecule has 27 heavy (non-hydrogen) atoms. The van der Waals surface area contributed by atoms with E-state index in [1.165, 1.54) is 11.8 Å². The van der Waals surface area contributed by atoms with E-state index in [2.05, 4.69) is 5.32 Å². The number of benzene rings is 2. The summed E-state index contributed by atoms with van der Waals surface area (Å²) in [5.74, 6) is 0.370. The lowest BCUT2D eigenvalue weighted by atomic mass is 10.1. The summed E-state index contributed by atoms with van der Waals surface area (Å²) in [5, 5.41) is 3.48. The average Bonchev–Trinajstić information content (AvgIpc) is 2.61. The second kappa shape index (κ2) is 9.97. The van der Waals surface area contributed by atoms with Gasteiger partial charge in [0.05, 0.1) is 12.6 Å². The first-order valence-corrected chi connectivity index (χ1v) is 9.28. The smallest absolute Gasteiger partial charge is 0.243 e. The maximum Gasteiger partial charge on any atom is 0.243 e. The zero-order valence-electron chi connectivity index (χ0n) is 15.9. The van der Waals surface area contributed by atoms with Gasteiger partial charge in [0.1, 0.15) is 5.75 Å². The highest BCUT2D eigenvalue weighted by atomic mass is 35.5. The molecule has 2 aromatic carbocycles. The van der Waals surface area contributed by atoms with Crippen LogP contribution in [0.15, 0.2) is 48.5 Å². The Bertz CT molecular complexity index is 758. The van der Waals surface area contributed by atoms with Gasteiger partial charge >= 0.3 is 0 Å². The minimum Gasteiger partial charge on any atom is -0.491 e. The molecular weight excluding hydrogens is 364 g/mol. The minimum absolute atomic E-state index is 0.00711. The van der Waals surface area contributed by atoms with Crippen molar-refractivity contribution in [2.45, 2.75) is 33.3 Å². The van der Waals surface area contributed by atoms with E-state index in [4.69, 9.17) is 16.3 Å². The maximum absolute atomic E-state index is 12.3. The summed E-state index contributed by atoms with van der Waals surface area (Å²) in [6.07, 6.45) is 0.751. The van der Waals surface area contributed by atoms with Crippen molar-refractivity contribution < 1.29 is 14.3 Å². The highest BCUT2D eigenvalue weighted by Gasteiger charge is 2.14. The van der Waals surface area contributed by atoms with Crippen molar-refractivity contribution >= 4 is 29.1 Å². The van der Waals surface area contributed by atoms with Gasteiger partial charge in [-0.05, 0) is 62.2 Å². The highest BCUT2D eigenvalue weighted by Crippen LogP contribution is 2.17. The molecule has 0 aliphatic carbocycles. The van der Waals surface area contributed by atoms with Crippen molar-refractivity contribution in [3.05, 3.63) is 59.1 Å². The first-order chi connectivity index (χ1) is 12.8. The number of carbonyl (C=O) groups excluding carboxylic acids is 2. The summed E-state index contributed by atoms with van der Waals surface area (Å²) in [6.45, 7) is 5.85. The van der Waals surface area contributed by atoms with Gasteiger partial charge in [-0.1, -0.05) is 23.7 Å². The molecule has 0 aromatic heterocycles. The molecule has 0 unspecified atom stereocenters. The molecule has 0 radical (unpaired) electrons. The molecule has 2 aromatic rings. The van der Waals surface area contributed by atoms with Crippen molar-refractivity contribution in [2.75, 3.05) is 18.4 Å². The molecule has 0 atom stereocenters. The lowest BCUT2D eigenvalue weighted by Crippen LogP contribution is -2.38. The van der Waals surface area contributed by atoms with Crippen molar-refractivity contribution in [1.82, 2.24) is 4.90 Å². The van der Waals surface area contributed by atoms with Crippen molar-refractivity contribution in [1.29, 1.82) is 0 Å². The number of hydrogen-bond donors (Lipinski definition) is 1. The van der Waals surface area contributed by atoms with Crippen LogP contribution in [-0.2, 0) is 16.0 Å². The van der Waals surface area contributed by atoms with Crippen LogP contribution in [-0.4, -0.2) is 35.9 Å². The lowest BCUT2D eigenvalue weighted by molar-refractivity contribution is -0.132. The predicted octanol–water partition coefficient (Wildman–Crippen LogP) is 4.16. The van der Waals surface area contributed by atoms with Crippen molar-refractivity contribution in [2.24, 2.45) is 0 Å². The van der Waals surface area contributed by atoms with Crippen LogP contribution < -0.4 is 10.1 Å². The van der Waals surface area contributed by atoms with E-state index in [-0.39, 0.29) is 24.5 Å². The summed E-state index contributed by atoms with van der Waals surface area (Å²) in [5.41, 5.74) is 1.73. The molecule has 0 spiro atoms. The fourth-order valence-corrected chi connectivity index (χ4v) is 2.65. The Morgan fingerprint density at radius 2 is 1.70 bits per heavy atom. The summed E-state index contributed by atoms with van der Waals surface area (Å²) in [7, 11) is 0. The number of halogens is 1. The predicted molar refractivity (Wildman–Crippen MR) is 108 cm³/mol. The van der Waals surface area contributed by atoms with Crippen LogP contribution in [0.3, 0.4) is 0 Å². The average molecular weight is 389 g/mol. The minimum atomic E-state index is -0.237. The Balaban J connectivity index is 1.88. The van der Waals surface area contributed by atoms with E-state index in [0.717, 1.165) is 11.3 Å². The molecule has 0 bridgehead atoms. The van der Waals surface area contributed by atoms with E-state index in [1.807, 2.05) is 38.1 Å². The topological polar surface area (TPSA) is 58.6 Å². The van der Waals surface area contributed by atoms with Gasteiger partial charge < -0.3 is 15.0 Å². The Hall–Kier alpha value is -2.53. The standard InChI is InChI=1S/C21H25ClN2O3/c1-15(2)27-20-10-8-19(9-11-20)23-21(26)14-24(16(3)25)13-12-17-4-6-18(22)7-5-17/h4-11,15H,12-14H2,1-3H3,(H,23,26). The zero-order valence-corrected chi connectivity index (χ0v) is 16.6. The molecule has 0 heterocycles. The lowest BCUT2D eigenvalue weighted by Gasteiger charge is -2.20. The van der Waals surface area contributed by atoms with Crippen LogP contribution in [0, 0.1) is 0 Å². The number of nitrogens with one attached hydrogen (secondary N) is 1. The first-order valence-electron chi connectivity index (χ1n) is 8.90. The maximum atomic E-state index is 12.3. The number of amides is 2. The summed E-state index contributed by atoms with van der Waals surface area (Å²) in [6, 6.07) is 14.6. The fourth-order valence-electron chi connectivity index (χ4n) is 2.53. The third-order valence-corrected chi connectivity index (χ3v) is 4.13. The molecule has 0 saturated heterocycles. The summed E-state index contributed by atoms with van der Waals surface area (Å²) >= 11 is 5.88. The number of ether oxygens (including phenoxy) is 1. The van der Waals surface area contributed by atoms with Gasteiger partial charge in [-0.15, -0.1) is 0 Å². The fraction of sp³-hybridized carbons (Fsp3) is 0.333. The Morgan fingerprint density at radius 1 is 1.07 bits per heavy atom. The molecule has 6 heteroatoms. The van der Waals surface area contributed by atoms with E-state index < -0.39 is 0 Å². The van der Waals surface area contributed by atoms with Crippen LogP contribution in [0.1, 0.15) is 26.3 Å². The molecule has 0 aliphatic heterocycles. The molecule has 0 fully saturated rings. The Kier molecular flexibility index (Phi) is 7.67. The Labute approximate surface area is 165 Å². The van der Waals surface area contributed by atoms with Gasteiger partial charge in [0, 0.05) is 24.2 Å². The third kappa shape index (κ3) is 7.31. The second-order valence-electron chi connectivity index (χ2n) is 6.56. The zero-order chi connectivity index (χ0) is 19.8. The van der Waals surface area contributed by atoms with E-state index in [1.54, 1.807) is 24.3 Å². The molecule has 2 amide bonds. The van der Waals surface area contributed by atoms with Gasteiger partial charge in [0.15, 0.2) is 0 Å². The van der Waals surface area contributed by atoms with E-state index in [0.29, 0.717) is 23.7 Å². The number of carbonyl (C=O) groups is 2. The van der Waals surface area contributed by atoms with Crippen molar-refractivity contribution in [3.8, 4) is 5.75 Å². The van der Waals surface area contributed by atoms with Crippen LogP contribution in [0.2, 0.25) is 5.02 Å². The van der Waals surface area contributed by atoms with E-state index >= 15 is 0 Å². The highest BCUT2D eigenvalue weighted by molar-refractivity contribution is 6.30. The van der Waals surface area contributed by atoms with Crippen LogP contribution in [0.25, 0.3) is 0 Å². The summed E-state index contributed by atoms with van der Waals surface area (Å²) < 4.78 is 5.58. The molecule has 1 N–H and O–H groups in total. The van der Waals surface area contributed by atoms with Crippen LogP contribution in [0.4, 0.5) is 5.69 Å². The molecule has 144 valence electrons. The van der Waals surface area contributed by atoms with Gasteiger partial charge in [0.25, 0.3) is 0 Å². The van der Waals surface area contributed by atoms with Crippen LogP contribution >= 0.6 is 11.6 Å². The number of rotatable bonds is 8. The number of hydrogen-bond acceptors (Lipinski definition) is 3. The van der Waals surface area contributed by atoms with Gasteiger partial charge in [-0.25, -0.2) is 0 Å². The molecule has 0 aliphatic rings. The van der Waals surface area contributed by atoms with Crippen molar-refractivity contribution in [3.63, 3.8) is 0 Å². The normalized spacial score (nSPS) is 10.6. The monoisotopic (exact) mass is 388 g/mol. The quantitative estimate of drug-likeness (QED) is 0.738. The Morgan fingerprint density at radius 3 is 2.26 bits per heavy atom. The molecule has 2 rings (SSSR count). The first kappa shape index (κ1) is 20.8. The second-order valence-corrected chi connectivity index (χ2v) is 6.99. The molecule has 5 nitrogen and oxygen atoms in total. The number of anilines is 1. The number of nitrogens with zero attached hydrogens (tertiary/aromatic N) is 1. The molecule has 0 saturated carbocycles. The van der Waals surface area contributed by atoms with Gasteiger partial charge in [0.2, 0.25) is 11.8 Å². The van der Waals surface area contributed by atoms with E-state index in [9.17, 15) is 9.59 Å². The molecular formula is C21H25ClN2O3.